The molecule has 1 atom stereocenters. The number of hydrogen-bond donors (Lipinski definition) is 1. The minimum Gasteiger partial charge on any atom is -0.479 e. The van der Waals surface area contributed by atoms with Crippen LogP contribution >= 0.6 is 11.6 Å². The third-order valence-electron chi connectivity index (χ3n) is 5.69. The summed E-state index contributed by atoms with van der Waals surface area (Å²) < 4.78 is 48.1. The van der Waals surface area contributed by atoms with E-state index in [1.165, 1.54) is 19.3 Å². The number of ether oxygens (including phenoxy) is 1. The summed E-state index contributed by atoms with van der Waals surface area (Å²) in [6, 6.07) is 12.2. The van der Waals surface area contributed by atoms with Crippen LogP contribution in [0.4, 0.5) is 4.39 Å². The number of rotatable bonds is 6. The number of hydrogen-bond acceptors (Lipinski definition) is 5. The summed E-state index contributed by atoms with van der Waals surface area (Å²) in [5.74, 6) is -1.93. The molecule has 0 amide bonds. The smallest absolute Gasteiger partial charge is 0.339 e. The van der Waals surface area contributed by atoms with Crippen LogP contribution < -0.4 is 5.56 Å². The Hall–Kier alpha value is -3.47. The third-order valence-corrected chi connectivity index (χ3v) is 7.64. The summed E-state index contributed by atoms with van der Waals surface area (Å²) in [5, 5.41) is 10.7. The van der Waals surface area contributed by atoms with E-state index in [9.17, 15) is 27.5 Å². The van der Waals surface area contributed by atoms with E-state index in [0.29, 0.717) is 16.1 Å². The second-order valence-electron chi connectivity index (χ2n) is 9.41. The first-order valence-corrected chi connectivity index (χ1v) is 13.0. The highest BCUT2D eigenvalue weighted by atomic mass is 35.5. The molecule has 1 N–H and O–H groups in total. The maximum Gasteiger partial charge on any atom is 0.339 e. The zero-order chi connectivity index (χ0) is 27.3. The number of nitrogens with zero attached hydrogens (tertiary/aromatic N) is 2. The highest BCUT2D eigenvalue weighted by molar-refractivity contribution is 7.90. The fraction of sp³-hybridized carbons (Fsp3) is 0.231. The van der Waals surface area contributed by atoms with Crippen molar-refractivity contribution in [2.24, 2.45) is 7.05 Å². The lowest BCUT2D eigenvalue weighted by molar-refractivity contribution is -0.161. The van der Waals surface area contributed by atoms with E-state index in [2.05, 4.69) is 0 Å². The van der Waals surface area contributed by atoms with Crippen LogP contribution in [0.3, 0.4) is 0 Å². The minimum absolute atomic E-state index is 0.0409. The van der Waals surface area contributed by atoms with E-state index in [-0.39, 0.29) is 21.5 Å². The van der Waals surface area contributed by atoms with Gasteiger partial charge in [-0.05, 0) is 68.8 Å². The number of fused-ring (bicyclic) bond motifs is 1. The molecule has 194 valence electrons. The first-order valence-electron chi connectivity index (χ1n) is 11.1. The summed E-state index contributed by atoms with van der Waals surface area (Å²) in [6.45, 7) is 5.06. The number of benzene rings is 2. The van der Waals surface area contributed by atoms with Crippen molar-refractivity contribution < 1.29 is 27.4 Å². The van der Waals surface area contributed by atoms with Crippen molar-refractivity contribution in [2.75, 3.05) is 0 Å². The highest BCUT2D eigenvalue weighted by Crippen LogP contribution is 2.38. The van der Waals surface area contributed by atoms with E-state index >= 15 is 0 Å². The Morgan fingerprint density at radius 3 is 2.19 bits per heavy atom. The predicted octanol–water partition coefficient (Wildman–Crippen LogP) is 4.98. The number of aromatic nitrogens is 2. The molecule has 0 spiro atoms. The van der Waals surface area contributed by atoms with Crippen LogP contribution in [0.2, 0.25) is 5.02 Å². The topological polar surface area (TPSA) is 108 Å². The predicted molar refractivity (Wildman–Crippen MR) is 138 cm³/mol. The number of carboxylic acid groups (broad SMARTS) is 1. The largest absolute Gasteiger partial charge is 0.479 e. The zero-order valence-electron chi connectivity index (χ0n) is 20.4. The fourth-order valence-corrected chi connectivity index (χ4v) is 5.59. The van der Waals surface area contributed by atoms with E-state index in [0.717, 1.165) is 32.8 Å². The van der Waals surface area contributed by atoms with Gasteiger partial charge in [0.25, 0.3) is 15.6 Å². The van der Waals surface area contributed by atoms with Gasteiger partial charge in [0.1, 0.15) is 11.3 Å². The zero-order valence-corrected chi connectivity index (χ0v) is 22.0. The van der Waals surface area contributed by atoms with Gasteiger partial charge in [0, 0.05) is 29.2 Å². The molecule has 0 aliphatic carbocycles. The molecule has 1 unspecified atom stereocenters. The molecule has 0 aliphatic heterocycles. The van der Waals surface area contributed by atoms with Crippen molar-refractivity contribution in [1.82, 2.24) is 8.54 Å². The molecule has 0 bridgehead atoms. The normalized spacial score (nSPS) is 13.1. The first-order chi connectivity index (χ1) is 17.2. The molecular weight excluding hydrogens is 523 g/mol. The number of carboxylic acids is 1. The van der Waals surface area contributed by atoms with Crippen LogP contribution in [-0.2, 0) is 26.6 Å². The molecule has 0 aliphatic rings. The van der Waals surface area contributed by atoms with Crippen LogP contribution in [-0.4, -0.2) is 33.6 Å². The van der Waals surface area contributed by atoms with Gasteiger partial charge in [0.2, 0.25) is 0 Å². The molecule has 2 heterocycles. The van der Waals surface area contributed by atoms with Gasteiger partial charge in [0.15, 0.2) is 6.10 Å². The molecule has 4 aromatic rings. The standard InChI is InChI=1S/C26H24ClFN2O6S/c1-26(2,3)36-23(25(32)33)22-20(15-5-7-16(27)8-6-15)19-13-14-30(21(19)24(31)29(22)4)37(34,35)18-11-9-17(28)10-12-18/h5-14,23H,1-4H3,(H,32,33). The van der Waals surface area contributed by atoms with Crippen molar-refractivity contribution >= 4 is 38.5 Å². The molecule has 0 fully saturated rings. The Bertz CT molecular complexity index is 1670. The average molecular weight is 547 g/mol. The molecule has 11 heteroatoms. The lowest BCUT2D eigenvalue weighted by Gasteiger charge is -2.28. The summed E-state index contributed by atoms with van der Waals surface area (Å²) in [4.78, 5) is 25.8. The van der Waals surface area contributed by atoms with Gasteiger partial charge in [0.05, 0.1) is 16.2 Å². The highest BCUT2D eigenvalue weighted by Gasteiger charge is 2.34. The van der Waals surface area contributed by atoms with E-state index in [4.69, 9.17) is 16.3 Å². The van der Waals surface area contributed by atoms with Gasteiger partial charge >= 0.3 is 5.97 Å². The number of halogens is 2. The molecule has 4 rings (SSSR count). The van der Waals surface area contributed by atoms with E-state index in [1.807, 2.05) is 0 Å². The van der Waals surface area contributed by atoms with Gasteiger partial charge in [-0.3, -0.25) is 4.79 Å². The maximum atomic E-state index is 13.6. The van der Waals surface area contributed by atoms with E-state index in [1.54, 1.807) is 45.0 Å². The van der Waals surface area contributed by atoms with Crippen LogP contribution in [0.25, 0.3) is 22.0 Å². The fourth-order valence-electron chi connectivity index (χ4n) is 4.12. The van der Waals surface area contributed by atoms with E-state index < -0.39 is 39.1 Å². The quantitative estimate of drug-likeness (QED) is 0.365. The molecule has 2 aromatic heterocycles. The molecular formula is C26H24ClFN2O6S. The lowest BCUT2D eigenvalue weighted by atomic mass is 9.96. The van der Waals surface area contributed by atoms with Gasteiger partial charge in [-0.1, -0.05) is 23.7 Å². The number of pyridine rings is 1. The first kappa shape index (κ1) is 26.6. The van der Waals surface area contributed by atoms with Crippen LogP contribution in [0.5, 0.6) is 0 Å². The summed E-state index contributed by atoms with van der Waals surface area (Å²) in [7, 11) is -2.93. The second kappa shape index (κ2) is 9.44. The minimum atomic E-state index is -4.29. The van der Waals surface area contributed by atoms with Crippen molar-refractivity contribution in [3.63, 3.8) is 0 Å². The van der Waals surface area contributed by atoms with Crippen molar-refractivity contribution in [3.8, 4) is 11.1 Å². The molecule has 37 heavy (non-hydrogen) atoms. The SMILES string of the molecule is Cn1c(C(OC(C)(C)C)C(=O)O)c(-c2ccc(Cl)cc2)c2ccn(S(=O)(=O)c3ccc(F)cc3)c2c1=O. The Morgan fingerprint density at radius 1 is 1.05 bits per heavy atom. The Morgan fingerprint density at radius 2 is 1.65 bits per heavy atom. The van der Waals surface area contributed by atoms with Crippen LogP contribution in [0.1, 0.15) is 32.6 Å². The lowest BCUT2D eigenvalue weighted by Crippen LogP contribution is -2.33. The molecule has 2 aromatic carbocycles. The number of carbonyl (C=O) groups is 1. The summed E-state index contributed by atoms with van der Waals surface area (Å²) in [6.07, 6.45) is -0.334. The monoisotopic (exact) mass is 546 g/mol. The van der Waals surface area contributed by atoms with Crippen molar-refractivity contribution in [1.29, 1.82) is 0 Å². The Kier molecular flexibility index (Phi) is 6.78. The van der Waals surface area contributed by atoms with Crippen molar-refractivity contribution in [3.05, 3.63) is 87.7 Å². The molecule has 8 nitrogen and oxygen atoms in total. The summed E-state index contributed by atoms with van der Waals surface area (Å²) in [5.41, 5.74) is -0.982. The van der Waals surface area contributed by atoms with Crippen LogP contribution in [0.15, 0.2) is 70.5 Å². The van der Waals surface area contributed by atoms with Crippen molar-refractivity contribution in [2.45, 2.75) is 37.4 Å². The van der Waals surface area contributed by atoms with Gasteiger partial charge in [-0.2, -0.15) is 0 Å². The Labute approximate surface area is 217 Å². The molecule has 0 saturated heterocycles. The second-order valence-corrected chi connectivity index (χ2v) is 11.7. The summed E-state index contributed by atoms with van der Waals surface area (Å²) >= 11 is 6.07. The van der Waals surface area contributed by atoms with Gasteiger partial charge in [-0.15, -0.1) is 0 Å². The van der Waals surface area contributed by atoms with Gasteiger partial charge < -0.3 is 14.4 Å². The maximum absolute atomic E-state index is 13.6. The molecule has 0 radical (unpaired) electrons. The average Bonchev–Trinajstić information content (AvgIpc) is 3.26. The van der Waals surface area contributed by atoms with Crippen LogP contribution in [0, 0.1) is 5.82 Å². The van der Waals surface area contributed by atoms with Gasteiger partial charge in [-0.25, -0.2) is 21.6 Å². The molecule has 0 saturated carbocycles. The number of aliphatic carboxylic acids is 1. The Balaban J connectivity index is 2.12. The third kappa shape index (κ3) is 4.92.